The van der Waals surface area contributed by atoms with Crippen molar-refractivity contribution in [3.63, 3.8) is 0 Å². The first-order chi connectivity index (χ1) is 8.96. The Kier molecular flexibility index (Phi) is 4.11. The molecule has 1 aromatic heterocycles. The number of nitrogens with zero attached hydrogens (tertiary/aromatic N) is 3. The molecule has 2 rings (SSSR count). The quantitative estimate of drug-likeness (QED) is 0.850. The van der Waals surface area contributed by atoms with Gasteiger partial charge in [-0.25, -0.2) is 0 Å². The van der Waals surface area contributed by atoms with Crippen molar-refractivity contribution >= 4 is 17.5 Å². The lowest BCUT2D eigenvalue weighted by atomic mass is 9.75. The fourth-order valence-corrected chi connectivity index (χ4v) is 2.80. The number of carbonyl (C=O) groups is 1. The maximum atomic E-state index is 12.4. The van der Waals surface area contributed by atoms with Crippen LogP contribution in [0.15, 0.2) is 18.5 Å². The molecule has 1 aliphatic rings. The second-order valence-corrected chi connectivity index (χ2v) is 5.90. The van der Waals surface area contributed by atoms with Crippen molar-refractivity contribution in [1.82, 2.24) is 14.8 Å². The summed E-state index contributed by atoms with van der Waals surface area (Å²) in [7, 11) is 6.00. The van der Waals surface area contributed by atoms with Crippen LogP contribution in [-0.4, -0.2) is 53.9 Å². The Morgan fingerprint density at radius 3 is 2.58 bits per heavy atom. The van der Waals surface area contributed by atoms with E-state index in [1.807, 2.05) is 7.05 Å². The summed E-state index contributed by atoms with van der Waals surface area (Å²) < 4.78 is 0. The van der Waals surface area contributed by atoms with Gasteiger partial charge in [0.2, 0.25) is 0 Å². The van der Waals surface area contributed by atoms with Crippen LogP contribution in [0.5, 0.6) is 0 Å². The number of carbonyl (C=O) groups excluding carboxylic acids is 1. The number of likely N-dealkylation sites (N-methyl/N-ethyl adjacent to an activating group) is 2. The normalized spacial score (nSPS) is 17.1. The third-order valence-electron chi connectivity index (χ3n) is 4.11. The maximum absolute atomic E-state index is 12.4. The summed E-state index contributed by atoms with van der Waals surface area (Å²) in [4.78, 5) is 20.3. The van der Waals surface area contributed by atoms with Crippen LogP contribution in [0.2, 0.25) is 5.02 Å². The minimum absolute atomic E-state index is 0.0412. The van der Waals surface area contributed by atoms with Crippen molar-refractivity contribution in [3.8, 4) is 0 Å². The first-order valence-corrected chi connectivity index (χ1v) is 6.86. The number of hydrogen-bond acceptors (Lipinski definition) is 3. The van der Waals surface area contributed by atoms with Crippen LogP contribution in [0.3, 0.4) is 0 Å². The van der Waals surface area contributed by atoms with E-state index in [0.29, 0.717) is 10.6 Å². The molecule has 1 aromatic rings. The van der Waals surface area contributed by atoms with Crippen molar-refractivity contribution in [2.75, 3.05) is 27.7 Å². The van der Waals surface area contributed by atoms with Gasteiger partial charge in [-0.05, 0) is 39.4 Å². The van der Waals surface area contributed by atoms with Gasteiger partial charge in [-0.1, -0.05) is 11.6 Å². The molecule has 1 saturated carbocycles. The Hall–Kier alpha value is -1.13. The number of halogens is 1. The molecule has 0 unspecified atom stereocenters. The molecule has 0 spiro atoms. The zero-order valence-electron chi connectivity index (χ0n) is 11.7. The fraction of sp³-hybridized carbons (Fsp3) is 0.571. The number of aromatic nitrogens is 1. The highest BCUT2D eigenvalue weighted by Gasteiger charge is 2.40. The first kappa shape index (κ1) is 14.3. The topological polar surface area (TPSA) is 36.4 Å². The minimum atomic E-state index is -0.0412. The molecule has 1 fully saturated rings. The molecule has 0 radical (unpaired) electrons. The molecule has 0 N–H and O–H groups in total. The summed E-state index contributed by atoms with van der Waals surface area (Å²) in [6, 6.07) is 1.67. The van der Waals surface area contributed by atoms with Gasteiger partial charge in [-0.15, -0.1) is 0 Å². The molecule has 4 nitrogen and oxygen atoms in total. The lowest BCUT2D eigenvalue weighted by Gasteiger charge is -2.49. The largest absolute Gasteiger partial charge is 0.340 e. The number of pyridine rings is 1. The summed E-state index contributed by atoms with van der Waals surface area (Å²) in [6.45, 7) is 0.734. The molecule has 1 amide bonds. The maximum Gasteiger partial charge on any atom is 0.255 e. The fourth-order valence-electron chi connectivity index (χ4n) is 2.60. The average molecular weight is 282 g/mol. The van der Waals surface area contributed by atoms with Crippen LogP contribution in [0.25, 0.3) is 0 Å². The van der Waals surface area contributed by atoms with Crippen molar-refractivity contribution in [2.24, 2.45) is 0 Å². The molecule has 0 aliphatic heterocycles. The van der Waals surface area contributed by atoms with Crippen LogP contribution in [0.4, 0.5) is 0 Å². The zero-order chi connectivity index (χ0) is 14.0. The van der Waals surface area contributed by atoms with Crippen molar-refractivity contribution < 1.29 is 4.79 Å². The Balaban J connectivity index is 2.10. The van der Waals surface area contributed by atoms with E-state index in [4.69, 9.17) is 11.6 Å². The third kappa shape index (κ3) is 2.74. The highest BCUT2D eigenvalue weighted by molar-refractivity contribution is 6.33. The van der Waals surface area contributed by atoms with Crippen LogP contribution in [0, 0.1) is 0 Å². The predicted octanol–water partition coefficient (Wildman–Crippen LogP) is 2.29. The molecule has 1 aliphatic carbocycles. The number of hydrogen-bond donors (Lipinski definition) is 0. The summed E-state index contributed by atoms with van der Waals surface area (Å²) in [5, 5.41) is 0.409. The van der Waals surface area contributed by atoms with E-state index in [-0.39, 0.29) is 11.4 Å². The standard InChI is InChI=1S/C14H20ClN3O/c1-17(2)14(6-4-7-14)10-18(3)13(19)11-5-8-16-9-12(11)15/h5,8-9H,4,6-7,10H2,1-3H3. The lowest BCUT2D eigenvalue weighted by Crippen LogP contribution is -2.57. The molecule has 5 heteroatoms. The summed E-state index contributed by atoms with van der Waals surface area (Å²) in [5.41, 5.74) is 0.650. The smallest absolute Gasteiger partial charge is 0.255 e. The molecule has 0 saturated heterocycles. The Morgan fingerprint density at radius 2 is 2.11 bits per heavy atom. The third-order valence-corrected chi connectivity index (χ3v) is 4.42. The highest BCUT2D eigenvalue weighted by Crippen LogP contribution is 2.36. The van der Waals surface area contributed by atoms with Crippen molar-refractivity contribution in [2.45, 2.75) is 24.8 Å². The van der Waals surface area contributed by atoms with Gasteiger partial charge in [0.05, 0.1) is 10.6 Å². The van der Waals surface area contributed by atoms with E-state index < -0.39 is 0 Å². The van der Waals surface area contributed by atoms with Crippen LogP contribution in [-0.2, 0) is 0 Å². The number of amides is 1. The monoisotopic (exact) mass is 281 g/mol. The van der Waals surface area contributed by atoms with Gasteiger partial charge >= 0.3 is 0 Å². The highest BCUT2D eigenvalue weighted by atomic mass is 35.5. The van der Waals surface area contributed by atoms with Gasteiger partial charge in [0.15, 0.2) is 0 Å². The second-order valence-electron chi connectivity index (χ2n) is 5.49. The van der Waals surface area contributed by atoms with E-state index >= 15 is 0 Å². The van der Waals surface area contributed by atoms with E-state index in [9.17, 15) is 4.79 Å². The molecular formula is C14H20ClN3O. The predicted molar refractivity (Wildman–Crippen MR) is 76.5 cm³/mol. The Labute approximate surface area is 119 Å². The van der Waals surface area contributed by atoms with Crippen molar-refractivity contribution in [1.29, 1.82) is 0 Å². The summed E-state index contributed by atoms with van der Waals surface area (Å²) in [5.74, 6) is -0.0412. The van der Waals surface area contributed by atoms with E-state index in [2.05, 4.69) is 24.0 Å². The van der Waals surface area contributed by atoms with Gasteiger partial charge in [-0.2, -0.15) is 0 Å². The van der Waals surface area contributed by atoms with Gasteiger partial charge in [0.25, 0.3) is 5.91 Å². The first-order valence-electron chi connectivity index (χ1n) is 6.49. The molecule has 0 atom stereocenters. The van der Waals surface area contributed by atoms with Gasteiger partial charge in [-0.3, -0.25) is 9.78 Å². The van der Waals surface area contributed by atoms with Gasteiger partial charge < -0.3 is 9.80 Å². The minimum Gasteiger partial charge on any atom is -0.340 e. The molecule has 19 heavy (non-hydrogen) atoms. The number of rotatable bonds is 4. The molecule has 0 aromatic carbocycles. The summed E-state index contributed by atoms with van der Waals surface area (Å²) >= 11 is 6.02. The Morgan fingerprint density at radius 1 is 1.42 bits per heavy atom. The lowest BCUT2D eigenvalue weighted by molar-refractivity contribution is 0.0252. The molecule has 104 valence electrons. The zero-order valence-corrected chi connectivity index (χ0v) is 12.4. The SMILES string of the molecule is CN(CC1(N(C)C)CCC1)C(=O)c1ccncc1Cl. The summed E-state index contributed by atoms with van der Waals surface area (Å²) in [6.07, 6.45) is 6.62. The van der Waals surface area contributed by atoms with Crippen LogP contribution >= 0.6 is 11.6 Å². The molecular weight excluding hydrogens is 262 g/mol. The Bertz CT molecular complexity index is 472. The second kappa shape index (κ2) is 5.47. The van der Waals surface area contributed by atoms with Gasteiger partial charge in [0, 0.05) is 31.5 Å². The molecule has 0 bridgehead atoms. The van der Waals surface area contributed by atoms with E-state index in [1.165, 1.54) is 12.6 Å². The van der Waals surface area contributed by atoms with E-state index in [1.54, 1.807) is 17.2 Å². The van der Waals surface area contributed by atoms with E-state index in [0.717, 1.165) is 19.4 Å². The van der Waals surface area contributed by atoms with Crippen molar-refractivity contribution in [3.05, 3.63) is 29.0 Å². The van der Waals surface area contributed by atoms with Crippen LogP contribution < -0.4 is 0 Å². The van der Waals surface area contributed by atoms with Crippen LogP contribution in [0.1, 0.15) is 29.6 Å². The molecule has 1 heterocycles. The van der Waals surface area contributed by atoms with Gasteiger partial charge in [0.1, 0.15) is 0 Å². The average Bonchev–Trinajstić information content (AvgIpc) is 2.32.